The summed E-state index contributed by atoms with van der Waals surface area (Å²) in [5.41, 5.74) is 7.89. The van der Waals surface area contributed by atoms with Crippen molar-refractivity contribution in [2.45, 2.75) is 45.6 Å². The van der Waals surface area contributed by atoms with Gasteiger partial charge in [-0.05, 0) is 50.2 Å². The molecule has 0 amide bonds. The van der Waals surface area contributed by atoms with E-state index in [4.69, 9.17) is 10.5 Å². The third-order valence-electron chi connectivity index (χ3n) is 3.54. The first kappa shape index (κ1) is 11.3. The number of hydrogen-bond acceptors (Lipinski definition) is 2. The maximum atomic E-state index is 6.00. The molecule has 0 heterocycles. The number of ether oxygens (including phenoxy) is 1. The van der Waals surface area contributed by atoms with E-state index in [0.29, 0.717) is 6.10 Å². The highest BCUT2D eigenvalue weighted by molar-refractivity contribution is 5.57. The van der Waals surface area contributed by atoms with Crippen LogP contribution in [0.5, 0.6) is 5.75 Å². The largest absolute Gasteiger partial charge is 0.488 e. The molecule has 88 valence electrons. The Bertz CT molecular complexity index is 354. The minimum atomic E-state index is 0.361. The summed E-state index contributed by atoms with van der Waals surface area (Å²) in [7, 11) is 0. The summed E-state index contributed by atoms with van der Waals surface area (Å²) in [5.74, 6) is 1.72. The molecule has 16 heavy (non-hydrogen) atoms. The number of hydrogen-bond donors (Lipinski definition) is 1. The highest BCUT2D eigenvalue weighted by Gasteiger charge is 2.20. The van der Waals surface area contributed by atoms with Crippen LogP contribution in [0.1, 0.15) is 38.2 Å². The molecule has 1 saturated carbocycles. The van der Waals surface area contributed by atoms with Gasteiger partial charge in [-0.15, -0.1) is 0 Å². The van der Waals surface area contributed by atoms with E-state index in [1.165, 1.54) is 12.8 Å². The molecule has 0 aromatic heterocycles. The molecule has 0 spiro atoms. The van der Waals surface area contributed by atoms with Crippen molar-refractivity contribution >= 4 is 5.69 Å². The van der Waals surface area contributed by atoms with Crippen LogP contribution in [0.2, 0.25) is 0 Å². The number of benzene rings is 1. The van der Waals surface area contributed by atoms with Crippen LogP contribution >= 0.6 is 0 Å². The van der Waals surface area contributed by atoms with Gasteiger partial charge in [-0.25, -0.2) is 0 Å². The number of rotatable bonds is 2. The molecule has 2 rings (SSSR count). The van der Waals surface area contributed by atoms with Crippen molar-refractivity contribution < 1.29 is 4.74 Å². The second kappa shape index (κ2) is 4.77. The van der Waals surface area contributed by atoms with Crippen molar-refractivity contribution in [2.24, 2.45) is 5.92 Å². The lowest BCUT2D eigenvalue weighted by Gasteiger charge is -2.27. The Hall–Kier alpha value is -1.18. The second-order valence-electron chi connectivity index (χ2n) is 4.99. The summed E-state index contributed by atoms with van der Waals surface area (Å²) in [5, 5.41) is 0. The fourth-order valence-corrected chi connectivity index (χ4v) is 2.28. The number of nitrogens with two attached hydrogens (primary N) is 1. The van der Waals surface area contributed by atoms with Crippen molar-refractivity contribution in [1.29, 1.82) is 0 Å². The molecule has 0 radical (unpaired) electrons. The highest BCUT2D eigenvalue weighted by atomic mass is 16.5. The summed E-state index contributed by atoms with van der Waals surface area (Å²) in [6.07, 6.45) is 5.23. The Labute approximate surface area is 97.8 Å². The van der Waals surface area contributed by atoms with Crippen molar-refractivity contribution in [2.75, 3.05) is 5.73 Å². The van der Waals surface area contributed by atoms with Crippen LogP contribution in [0.4, 0.5) is 5.69 Å². The van der Waals surface area contributed by atoms with E-state index in [9.17, 15) is 0 Å². The molecule has 2 N–H and O–H groups in total. The molecule has 0 saturated heterocycles. The van der Waals surface area contributed by atoms with Gasteiger partial charge in [0.2, 0.25) is 0 Å². The first-order valence-corrected chi connectivity index (χ1v) is 6.18. The van der Waals surface area contributed by atoms with Gasteiger partial charge < -0.3 is 10.5 Å². The van der Waals surface area contributed by atoms with Crippen LogP contribution in [0, 0.1) is 12.8 Å². The molecule has 2 nitrogen and oxygen atoms in total. The summed E-state index contributed by atoms with van der Waals surface area (Å²) in [6.45, 7) is 4.34. The molecule has 0 atom stereocenters. The molecule has 2 heteroatoms. The van der Waals surface area contributed by atoms with E-state index in [0.717, 1.165) is 35.8 Å². The maximum absolute atomic E-state index is 6.00. The SMILES string of the molecule is Cc1cccc(OC2CCC(C)CC2)c1N. The molecular weight excluding hydrogens is 198 g/mol. The molecule has 1 aliphatic carbocycles. The summed E-state index contributed by atoms with van der Waals surface area (Å²) in [4.78, 5) is 0. The van der Waals surface area contributed by atoms with Gasteiger partial charge in [-0.1, -0.05) is 19.1 Å². The number of anilines is 1. The smallest absolute Gasteiger partial charge is 0.142 e. The molecule has 0 unspecified atom stereocenters. The van der Waals surface area contributed by atoms with Crippen LogP contribution in [-0.2, 0) is 0 Å². The fraction of sp³-hybridized carbons (Fsp3) is 0.571. The predicted octanol–water partition coefficient (Wildman–Crippen LogP) is 3.53. The van der Waals surface area contributed by atoms with E-state index in [2.05, 4.69) is 6.92 Å². The molecule has 1 aromatic rings. The van der Waals surface area contributed by atoms with E-state index in [-0.39, 0.29) is 0 Å². The monoisotopic (exact) mass is 219 g/mol. The van der Waals surface area contributed by atoms with E-state index < -0.39 is 0 Å². The summed E-state index contributed by atoms with van der Waals surface area (Å²) < 4.78 is 5.99. The van der Waals surface area contributed by atoms with Crippen LogP contribution in [0.15, 0.2) is 18.2 Å². The quantitative estimate of drug-likeness (QED) is 0.772. The molecular formula is C14H21NO. The zero-order valence-electron chi connectivity index (χ0n) is 10.2. The topological polar surface area (TPSA) is 35.2 Å². The van der Waals surface area contributed by atoms with E-state index in [1.807, 2.05) is 25.1 Å². The van der Waals surface area contributed by atoms with Gasteiger partial charge in [0.15, 0.2) is 0 Å². The molecule has 0 bridgehead atoms. The molecule has 1 aliphatic rings. The fourth-order valence-electron chi connectivity index (χ4n) is 2.28. The Morgan fingerprint density at radius 3 is 2.56 bits per heavy atom. The number of aryl methyl sites for hydroxylation is 1. The molecule has 0 aliphatic heterocycles. The lowest BCUT2D eigenvalue weighted by Crippen LogP contribution is -2.23. The van der Waals surface area contributed by atoms with Gasteiger partial charge in [0.1, 0.15) is 5.75 Å². The van der Waals surface area contributed by atoms with Crippen molar-refractivity contribution in [3.63, 3.8) is 0 Å². The van der Waals surface area contributed by atoms with Crippen LogP contribution in [0.3, 0.4) is 0 Å². The molecule has 1 aromatic carbocycles. The van der Waals surface area contributed by atoms with Crippen LogP contribution in [0.25, 0.3) is 0 Å². The Kier molecular flexibility index (Phi) is 3.37. The minimum absolute atomic E-state index is 0.361. The second-order valence-corrected chi connectivity index (χ2v) is 4.99. The van der Waals surface area contributed by atoms with Gasteiger partial charge >= 0.3 is 0 Å². The van der Waals surface area contributed by atoms with E-state index >= 15 is 0 Å². The van der Waals surface area contributed by atoms with Gasteiger partial charge in [-0.2, -0.15) is 0 Å². The van der Waals surface area contributed by atoms with Gasteiger partial charge in [0.25, 0.3) is 0 Å². The standard InChI is InChI=1S/C14H21NO/c1-10-6-8-12(9-7-10)16-13-5-3-4-11(2)14(13)15/h3-5,10,12H,6-9,15H2,1-2H3. The van der Waals surface area contributed by atoms with Gasteiger partial charge in [-0.3, -0.25) is 0 Å². The summed E-state index contributed by atoms with van der Waals surface area (Å²) >= 11 is 0. The lowest BCUT2D eigenvalue weighted by atomic mass is 9.89. The number of nitrogen functional groups attached to an aromatic ring is 1. The average molecular weight is 219 g/mol. The van der Waals surface area contributed by atoms with Gasteiger partial charge in [0.05, 0.1) is 11.8 Å². The van der Waals surface area contributed by atoms with Crippen molar-refractivity contribution in [1.82, 2.24) is 0 Å². The third-order valence-corrected chi connectivity index (χ3v) is 3.54. The first-order chi connectivity index (χ1) is 7.66. The molecule has 1 fully saturated rings. The highest BCUT2D eigenvalue weighted by Crippen LogP contribution is 2.30. The Morgan fingerprint density at radius 2 is 1.88 bits per heavy atom. The van der Waals surface area contributed by atoms with Crippen LogP contribution < -0.4 is 10.5 Å². The third kappa shape index (κ3) is 2.49. The lowest BCUT2D eigenvalue weighted by molar-refractivity contribution is 0.136. The zero-order chi connectivity index (χ0) is 11.5. The van der Waals surface area contributed by atoms with Crippen molar-refractivity contribution in [3.8, 4) is 5.75 Å². The minimum Gasteiger partial charge on any atom is -0.488 e. The maximum Gasteiger partial charge on any atom is 0.142 e. The number of para-hydroxylation sites is 1. The normalized spacial score (nSPS) is 25.4. The van der Waals surface area contributed by atoms with Gasteiger partial charge in [0, 0.05) is 0 Å². The Balaban J connectivity index is 2.01. The van der Waals surface area contributed by atoms with Crippen molar-refractivity contribution in [3.05, 3.63) is 23.8 Å². The first-order valence-electron chi connectivity index (χ1n) is 6.18. The zero-order valence-corrected chi connectivity index (χ0v) is 10.2. The van der Waals surface area contributed by atoms with E-state index in [1.54, 1.807) is 0 Å². The van der Waals surface area contributed by atoms with Crippen LogP contribution in [-0.4, -0.2) is 6.10 Å². The predicted molar refractivity (Wildman–Crippen MR) is 67.6 cm³/mol. The average Bonchev–Trinajstić information content (AvgIpc) is 2.28. The Morgan fingerprint density at radius 1 is 1.19 bits per heavy atom. The summed E-state index contributed by atoms with van der Waals surface area (Å²) in [6, 6.07) is 6.00.